The van der Waals surface area contributed by atoms with E-state index in [0.29, 0.717) is 22.1 Å². The van der Waals surface area contributed by atoms with Gasteiger partial charge in [-0.1, -0.05) is 28.5 Å². The summed E-state index contributed by atoms with van der Waals surface area (Å²) in [7, 11) is 1.27. The van der Waals surface area contributed by atoms with E-state index >= 15 is 0 Å². The van der Waals surface area contributed by atoms with Crippen LogP contribution in [0.25, 0.3) is 5.65 Å². The highest BCUT2D eigenvalue weighted by Crippen LogP contribution is 2.41. The molecular formula is C19H16ClN9O5S3. The number of hydrogen-bond acceptors (Lipinski definition) is 13. The number of carboxylic acids is 1. The van der Waals surface area contributed by atoms with Gasteiger partial charge in [0.25, 0.3) is 11.8 Å². The molecule has 3 aromatic heterocycles. The van der Waals surface area contributed by atoms with Crippen molar-refractivity contribution in [3.05, 3.63) is 39.6 Å². The number of nitrogens with zero attached hydrogens (tertiary/aromatic N) is 7. The largest absolute Gasteiger partial charge is 0.477 e. The Morgan fingerprint density at radius 1 is 1.41 bits per heavy atom. The maximum atomic E-state index is 13.0. The summed E-state index contributed by atoms with van der Waals surface area (Å²) in [5.41, 5.74) is 6.58. The topological polar surface area (TPSA) is 190 Å². The molecule has 2 atom stereocenters. The first-order chi connectivity index (χ1) is 17.8. The third-order valence-electron chi connectivity index (χ3n) is 5.28. The molecule has 1 saturated heterocycles. The summed E-state index contributed by atoms with van der Waals surface area (Å²) in [6.45, 7) is 0. The summed E-state index contributed by atoms with van der Waals surface area (Å²) in [6.07, 6.45) is 0. The molecule has 3 aromatic rings. The molecule has 37 heavy (non-hydrogen) atoms. The number of aliphatic carboxylic acids is 1. The predicted molar refractivity (Wildman–Crippen MR) is 136 cm³/mol. The van der Waals surface area contributed by atoms with Gasteiger partial charge < -0.3 is 21.0 Å². The molecule has 4 N–H and O–H groups in total. The van der Waals surface area contributed by atoms with Crippen LogP contribution in [0.15, 0.2) is 39.1 Å². The van der Waals surface area contributed by atoms with Crippen molar-refractivity contribution in [1.29, 1.82) is 0 Å². The number of anilines is 1. The lowest BCUT2D eigenvalue weighted by molar-refractivity contribution is -0.150. The molecule has 0 saturated carbocycles. The molecule has 1 fully saturated rings. The molecule has 0 unspecified atom stereocenters. The average Bonchev–Trinajstić information content (AvgIpc) is 3.49. The van der Waals surface area contributed by atoms with Crippen molar-refractivity contribution >= 4 is 80.7 Å². The van der Waals surface area contributed by atoms with E-state index in [1.165, 1.54) is 45.4 Å². The lowest BCUT2D eigenvalue weighted by Gasteiger charge is -2.49. The molecule has 2 amide bonds. The number of oxime groups is 1. The van der Waals surface area contributed by atoms with Crippen LogP contribution < -0.4 is 11.1 Å². The van der Waals surface area contributed by atoms with E-state index in [4.69, 9.17) is 22.2 Å². The first-order valence-corrected chi connectivity index (χ1v) is 13.6. The maximum absolute atomic E-state index is 13.0. The number of nitrogens with one attached hydrogen (secondary N) is 1. The highest BCUT2D eigenvalue weighted by molar-refractivity contribution is 8.01. The molecule has 0 radical (unpaired) electrons. The molecular weight excluding hydrogens is 566 g/mol. The van der Waals surface area contributed by atoms with Crippen molar-refractivity contribution in [2.24, 2.45) is 5.16 Å². The second-order valence-electron chi connectivity index (χ2n) is 7.51. The van der Waals surface area contributed by atoms with Gasteiger partial charge in [-0.15, -0.1) is 33.3 Å². The van der Waals surface area contributed by atoms with E-state index in [1.807, 2.05) is 0 Å². The van der Waals surface area contributed by atoms with Crippen molar-refractivity contribution < 1.29 is 24.3 Å². The standard InChI is InChI=1S/C19H16ClN9O5S3/c1-34-27-11(8-6-36-18(21)22-8)14(30)23-12-15(31)28-13(17(32)33)7(4-35-16(12)28)5-37-19-25-24-10-3-2-9(20)26-29(10)19/h2-3,6,12,16H,4-5H2,1H3,(H2,21,22)(H,23,30)(H,32,33)/b27-11-/t12-,16+/m1/s1. The second kappa shape index (κ2) is 10.2. The Kier molecular flexibility index (Phi) is 6.93. The number of rotatable bonds is 8. The number of hydrogen-bond donors (Lipinski definition) is 3. The first kappa shape index (κ1) is 25.2. The van der Waals surface area contributed by atoms with Crippen molar-refractivity contribution in [2.45, 2.75) is 16.6 Å². The molecule has 0 aromatic carbocycles. The van der Waals surface area contributed by atoms with Crippen molar-refractivity contribution in [3.63, 3.8) is 0 Å². The van der Waals surface area contributed by atoms with Crippen LogP contribution in [0, 0.1) is 0 Å². The van der Waals surface area contributed by atoms with E-state index < -0.39 is 29.2 Å². The number of nitrogens with two attached hydrogens (primary N) is 1. The van der Waals surface area contributed by atoms with Crippen molar-refractivity contribution in [2.75, 3.05) is 24.3 Å². The Morgan fingerprint density at radius 3 is 2.92 bits per heavy atom. The van der Waals surface area contributed by atoms with Gasteiger partial charge in [0.15, 0.2) is 16.5 Å². The highest BCUT2D eigenvalue weighted by Gasteiger charge is 2.54. The monoisotopic (exact) mass is 581 g/mol. The molecule has 14 nitrogen and oxygen atoms in total. The lowest BCUT2D eigenvalue weighted by Crippen LogP contribution is -2.71. The van der Waals surface area contributed by atoms with Crippen molar-refractivity contribution in [3.8, 4) is 0 Å². The summed E-state index contributed by atoms with van der Waals surface area (Å²) in [4.78, 5) is 48.0. The Bertz CT molecular complexity index is 1490. The number of β-lactam (4-membered cyclic amide) rings is 1. The number of thioether (sulfide) groups is 2. The lowest BCUT2D eigenvalue weighted by atomic mass is 10.0. The van der Waals surface area contributed by atoms with Gasteiger partial charge in [-0.25, -0.2) is 9.78 Å². The molecule has 0 aliphatic carbocycles. The van der Waals surface area contributed by atoms with Crippen LogP contribution in [0.2, 0.25) is 5.15 Å². The summed E-state index contributed by atoms with van der Waals surface area (Å²) < 4.78 is 1.46. The van der Waals surface area contributed by atoms with Gasteiger partial charge in [-0.05, 0) is 17.7 Å². The average molecular weight is 582 g/mol. The van der Waals surface area contributed by atoms with Gasteiger partial charge >= 0.3 is 5.97 Å². The third-order valence-corrected chi connectivity index (χ3v) is 8.50. The normalized spacial score (nSPS) is 19.6. The van der Waals surface area contributed by atoms with Gasteiger partial charge in [0.2, 0.25) is 5.16 Å². The fourth-order valence-electron chi connectivity index (χ4n) is 3.68. The zero-order chi connectivity index (χ0) is 26.3. The Morgan fingerprint density at radius 2 is 2.22 bits per heavy atom. The molecule has 0 spiro atoms. The number of fused-ring (bicyclic) bond motifs is 2. The minimum Gasteiger partial charge on any atom is -0.477 e. The van der Waals surface area contributed by atoms with E-state index in [1.54, 1.807) is 12.1 Å². The smallest absolute Gasteiger partial charge is 0.352 e. The number of amides is 2. The number of halogens is 1. The number of carboxylic acid groups (broad SMARTS) is 1. The highest BCUT2D eigenvalue weighted by atomic mass is 35.5. The fraction of sp³-hybridized carbons (Fsp3) is 0.263. The van der Waals surface area contributed by atoms with Gasteiger partial charge in [0, 0.05) is 16.9 Å². The summed E-state index contributed by atoms with van der Waals surface area (Å²) in [5, 5.41) is 30.3. The van der Waals surface area contributed by atoms with Crippen LogP contribution in [-0.4, -0.2) is 88.3 Å². The van der Waals surface area contributed by atoms with Crippen LogP contribution in [0.5, 0.6) is 0 Å². The van der Waals surface area contributed by atoms with Gasteiger partial charge in [0.05, 0.1) is 0 Å². The number of thiazole rings is 1. The Labute approximate surface area is 225 Å². The van der Waals surface area contributed by atoms with Crippen LogP contribution in [0.3, 0.4) is 0 Å². The zero-order valence-corrected chi connectivity index (χ0v) is 21.9. The van der Waals surface area contributed by atoms with E-state index in [2.05, 4.69) is 30.8 Å². The Hall–Kier alpha value is -3.41. The van der Waals surface area contributed by atoms with E-state index in [-0.39, 0.29) is 33.1 Å². The van der Waals surface area contributed by atoms with Crippen LogP contribution in [0.4, 0.5) is 5.13 Å². The van der Waals surface area contributed by atoms with Gasteiger partial charge in [-0.3, -0.25) is 14.5 Å². The van der Waals surface area contributed by atoms with E-state index in [0.717, 1.165) is 11.3 Å². The molecule has 5 heterocycles. The number of carbonyl (C=O) groups is 3. The van der Waals surface area contributed by atoms with Crippen LogP contribution in [-0.2, 0) is 19.2 Å². The molecule has 0 bridgehead atoms. The molecule has 2 aliphatic rings. The molecule has 18 heteroatoms. The number of carbonyl (C=O) groups excluding carboxylic acids is 2. The third kappa shape index (κ3) is 4.70. The molecule has 5 rings (SSSR count). The molecule has 192 valence electrons. The van der Waals surface area contributed by atoms with Crippen LogP contribution >= 0.6 is 46.5 Å². The predicted octanol–water partition coefficient (Wildman–Crippen LogP) is 0.698. The summed E-state index contributed by atoms with van der Waals surface area (Å²) in [5.74, 6) is -1.94. The quantitative estimate of drug-likeness (QED) is 0.146. The number of nitrogen functional groups attached to an aromatic ring is 1. The Balaban J connectivity index is 1.32. The second-order valence-corrected chi connectivity index (χ2v) is 10.8. The van der Waals surface area contributed by atoms with Crippen molar-refractivity contribution in [1.82, 2.24) is 35.0 Å². The fourth-order valence-corrected chi connectivity index (χ4v) is 6.74. The van der Waals surface area contributed by atoms with Gasteiger partial charge in [-0.2, -0.15) is 9.61 Å². The minimum atomic E-state index is -1.24. The zero-order valence-electron chi connectivity index (χ0n) is 18.7. The van der Waals surface area contributed by atoms with E-state index in [9.17, 15) is 19.5 Å². The van der Waals surface area contributed by atoms with Crippen LogP contribution in [0.1, 0.15) is 5.69 Å². The maximum Gasteiger partial charge on any atom is 0.352 e. The SMILES string of the molecule is CO/N=C(\C(=O)N[C@@H]1C(=O)N2C(C(=O)O)=C(CSc3nnc4ccc(Cl)nn34)CS[C@@H]12)c1csc(N)n1. The number of aromatic nitrogens is 5. The minimum absolute atomic E-state index is 0.121. The van der Waals surface area contributed by atoms with Gasteiger partial charge in [0.1, 0.15) is 35.1 Å². The first-order valence-electron chi connectivity index (χ1n) is 10.3. The molecule has 2 aliphatic heterocycles. The summed E-state index contributed by atoms with van der Waals surface area (Å²) in [6, 6.07) is 2.30. The summed E-state index contributed by atoms with van der Waals surface area (Å²) >= 11 is 9.64.